The van der Waals surface area contributed by atoms with Crippen molar-refractivity contribution in [3.8, 4) is 11.6 Å². The lowest BCUT2D eigenvalue weighted by Crippen LogP contribution is -2.47. The van der Waals surface area contributed by atoms with Crippen LogP contribution < -0.4 is 9.47 Å². The minimum atomic E-state index is -4.46. The highest BCUT2D eigenvalue weighted by Crippen LogP contribution is 2.34. The molecule has 0 atom stereocenters. The zero-order chi connectivity index (χ0) is 22.8. The van der Waals surface area contributed by atoms with E-state index in [0.717, 1.165) is 37.7 Å². The molecule has 1 aliphatic rings. The van der Waals surface area contributed by atoms with Gasteiger partial charge >= 0.3 is 6.18 Å². The predicted octanol–water partition coefficient (Wildman–Crippen LogP) is 6.22. The Kier molecular flexibility index (Phi) is 6.49. The molecule has 0 amide bonds. The Labute approximate surface area is 189 Å². The average molecular weight is 465 g/mol. The zero-order valence-electron chi connectivity index (χ0n) is 17.7. The first kappa shape index (κ1) is 22.7. The predicted molar refractivity (Wildman–Crippen MR) is 118 cm³/mol. The van der Waals surface area contributed by atoms with Gasteiger partial charge in [-0.3, -0.25) is 4.90 Å². The molecule has 0 N–H and O–H groups in total. The fraction of sp³-hybridized carbons (Fsp3) is 0.375. The van der Waals surface area contributed by atoms with Crippen LogP contribution in [0.4, 0.5) is 13.2 Å². The smallest absolute Gasteiger partial charge is 0.418 e. The molecule has 0 radical (unpaired) electrons. The van der Waals surface area contributed by atoms with Gasteiger partial charge in [0.1, 0.15) is 18.0 Å². The van der Waals surface area contributed by atoms with Crippen molar-refractivity contribution in [2.75, 3.05) is 26.2 Å². The third-order valence-corrected chi connectivity index (χ3v) is 6.00. The maximum Gasteiger partial charge on any atom is 0.418 e. The van der Waals surface area contributed by atoms with Crippen molar-refractivity contribution in [3.63, 3.8) is 0 Å². The second kappa shape index (κ2) is 9.16. The number of nitrogens with zero attached hydrogens (tertiary/aromatic N) is 2. The van der Waals surface area contributed by atoms with Gasteiger partial charge in [0.25, 0.3) is 0 Å². The van der Waals surface area contributed by atoms with Crippen LogP contribution in [0.5, 0.6) is 11.6 Å². The van der Waals surface area contributed by atoms with Gasteiger partial charge in [-0.25, -0.2) is 4.98 Å². The fourth-order valence-electron chi connectivity index (χ4n) is 3.86. The molecule has 0 bridgehead atoms. The summed E-state index contributed by atoms with van der Waals surface area (Å²) in [6.07, 6.45) is -2.74. The number of pyridine rings is 1. The molecule has 8 heteroatoms. The number of benzene rings is 2. The van der Waals surface area contributed by atoms with E-state index in [-0.39, 0.29) is 17.0 Å². The van der Waals surface area contributed by atoms with Crippen molar-refractivity contribution >= 4 is 22.5 Å². The Hall–Kier alpha value is -2.51. The SMILES string of the molecule is CC1(Oc2ccc(Cl)cc2)CCN(CCOc2ccc3cccc(C(F)(F)F)c3n2)CC1. The van der Waals surface area contributed by atoms with Gasteiger partial charge in [-0.05, 0) is 56.2 Å². The van der Waals surface area contributed by atoms with Crippen molar-refractivity contribution < 1.29 is 22.6 Å². The molecule has 1 aliphatic heterocycles. The van der Waals surface area contributed by atoms with E-state index in [0.29, 0.717) is 23.6 Å². The molecule has 1 fully saturated rings. The maximum absolute atomic E-state index is 13.3. The van der Waals surface area contributed by atoms with E-state index in [2.05, 4.69) is 16.8 Å². The van der Waals surface area contributed by atoms with E-state index >= 15 is 0 Å². The van der Waals surface area contributed by atoms with Gasteiger partial charge in [0.05, 0.1) is 11.1 Å². The highest BCUT2D eigenvalue weighted by molar-refractivity contribution is 6.30. The molecule has 1 aromatic heterocycles. The Bertz CT molecular complexity index is 1070. The van der Waals surface area contributed by atoms with Gasteiger partial charge in [-0.15, -0.1) is 0 Å². The summed E-state index contributed by atoms with van der Waals surface area (Å²) >= 11 is 5.93. The van der Waals surface area contributed by atoms with E-state index < -0.39 is 11.7 Å². The molecule has 3 aromatic rings. The second-order valence-corrected chi connectivity index (χ2v) is 8.66. The number of piperidine rings is 1. The normalized spacial score (nSPS) is 16.8. The maximum atomic E-state index is 13.3. The minimum absolute atomic E-state index is 0.0920. The Morgan fingerprint density at radius 2 is 1.75 bits per heavy atom. The number of ether oxygens (including phenoxy) is 2. The Balaban J connectivity index is 1.30. The van der Waals surface area contributed by atoms with Crippen LogP contribution in [-0.4, -0.2) is 41.7 Å². The van der Waals surface area contributed by atoms with Gasteiger partial charge in [0, 0.05) is 36.1 Å². The molecule has 0 unspecified atom stereocenters. The van der Waals surface area contributed by atoms with Gasteiger partial charge in [0.2, 0.25) is 5.88 Å². The topological polar surface area (TPSA) is 34.6 Å². The number of halogens is 4. The molecule has 170 valence electrons. The minimum Gasteiger partial charge on any atom is -0.487 e. The molecule has 4 nitrogen and oxygen atoms in total. The van der Waals surface area contributed by atoms with Crippen LogP contribution in [0.15, 0.2) is 54.6 Å². The number of rotatable bonds is 6. The van der Waals surface area contributed by atoms with Crippen LogP contribution >= 0.6 is 11.6 Å². The van der Waals surface area contributed by atoms with Gasteiger partial charge in [0.15, 0.2) is 0 Å². The summed E-state index contributed by atoms with van der Waals surface area (Å²) < 4.78 is 51.6. The summed E-state index contributed by atoms with van der Waals surface area (Å²) in [5.74, 6) is 0.997. The first-order valence-corrected chi connectivity index (χ1v) is 10.9. The van der Waals surface area contributed by atoms with Crippen LogP contribution in [0.25, 0.3) is 10.9 Å². The lowest BCUT2D eigenvalue weighted by atomic mass is 9.93. The van der Waals surface area contributed by atoms with Gasteiger partial charge < -0.3 is 9.47 Å². The van der Waals surface area contributed by atoms with E-state index in [1.807, 2.05) is 24.3 Å². The Morgan fingerprint density at radius 1 is 1.03 bits per heavy atom. The van der Waals surface area contributed by atoms with Crippen LogP contribution in [0.2, 0.25) is 5.02 Å². The van der Waals surface area contributed by atoms with Crippen molar-refractivity contribution in [1.82, 2.24) is 9.88 Å². The number of hydrogen-bond donors (Lipinski definition) is 0. The molecule has 0 saturated carbocycles. The number of aromatic nitrogens is 1. The van der Waals surface area contributed by atoms with E-state index in [1.165, 1.54) is 6.07 Å². The summed E-state index contributed by atoms with van der Waals surface area (Å²) in [6, 6.07) is 14.6. The highest BCUT2D eigenvalue weighted by Gasteiger charge is 2.33. The molecular weight excluding hydrogens is 441 g/mol. The van der Waals surface area contributed by atoms with Crippen molar-refractivity contribution in [3.05, 3.63) is 65.2 Å². The molecule has 4 rings (SSSR count). The largest absolute Gasteiger partial charge is 0.487 e. The summed E-state index contributed by atoms with van der Waals surface area (Å²) in [7, 11) is 0. The van der Waals surface area contributed by atoms with E-state index in [9.17, 15) is 13.2 Å². The summed E-state index contributed by atoms with van der Waals surface area (Å²) in [5, 5.41) is 1.11. The first-order valence-electron chi connectivity index (χ1n) is 10.5. The van der Waals surface area contributed by atoms with Crippen LogP contribution in [-0.2, 0) is 6.18 Å². The Morgan fingerprint density at radius 3 is 2.44 bits per heavy atom. The van der Waals surface area contributed by atoms with Gasteiger partial charge in [-0.2, -0.15) is 13.2 Å². The van der Waals surface area contributed by atoms with E-state index in [4.69, 9.17) is 21.1 Å². The standard InChI is InChI=1S/C24H24ClF3N2O2/c1-23(32-19-8-6-18(25)7-9-19)11-13-30(14-12-23)15-16-31-21-10-5-17-3-2-4-20(22(17)29-21)24(26,27)28/h2-10H,11-16H2,1H3. The molecule has 0 spiro atoms. The van der Waals surface area contributed by atoms with Crippen molar-refractivity contribution in [1.29, 1.82) is 0 Å². The molecule has 2 aromatic carbocycles. The number of alkyl halides is 3. The van der Waals surface area contributed by atoms with Crippen LogP contribution in [0, 0.1) is 0 Å². The molecule has 32 heavy (non-hydrogen) atoms. The fourth-order valence-corrected chi connectivity index (χ4v) is 3.98. The summed E-state index contributed by atoms with van der Waals surface area (Å²) in [5.41, 5.74) is -1.10. The lowest BCUT2D eigenvalue weighted by molar-refractivity contribution is -0.136. The second-order valence-electron chi connectivity index (χ2n) is 8.22. The number of fused-ring (bicyclic) bond motifs is 1. The molecule has 0 aliphatic carbocycles. The first-order chi connectivity index (χ1) is 15.2. The monoisotopic (exact) mass is 464 g/mol. The summed E-state index contributed by atoms with van der Waals surface area (Å²) in [4.78, 5) is 6.37. The lowest BCUT2D eigenvalue weighted by Gasteiger charge is -2.39. The number of likely N-dealkylation sites (tertiary alicyclic amines) is 1. The number of hydrogen-bond acceptors (Lipinski definition) is 4. The average Bonchev–Trinajstić information content (AvgIpc) is 2.76. The quantitative estimate of drug-likeness (QED) is 0.434. The van der Waals surface area contributed by atoms with Crippen LogP contribution in [0.3, 0.4) is 0 Å². The third-order valence-electron chi connectivity index (χ3n) is 5.75. The highest BCUT2D eigenvalue weighted by atomic mass is 35.5. The van der Waals surface area contributed by atoms with Crippen molar-refractivity contribution in [2.45, 2.75) is 31.5 Å². The molecule has 2 heterocycles. The molecule has 1 saturated heterocycles. The molecular formula is C24H24ClF3N2O2. The number of para-hydroxylation sites is 1. The van der Waals surface area contributed by atoms with Crippen LogP contribution in [0.1, 0.15) is 25.3 Å². The summed E-state index contributed by atoms with van der Waals surface area (Å²) in [6.45, 7) is 4.80. The van der Waals surface area contributed by atoms with Crippen molar-refractivity contribution in [2.24, 2.45) is 0 Å². The van der Waals surface area contributed by atoms with E-state index in [1.54, 1.807) is 18.2 Å². The zero-order valence-corrected chi connectivity index (χ0v) is 18.4. The third kappa shape index (κ3) is 5.45. The van der Waals surface area contributed by atoms with Gasteiger partial charge in [-0.1, -0.05) is 23.7 Å².